The van der Waals surface area contributed by atoms with Crippen molar-refractivity contribution in [2.75, 3.05) is 0 Å². The third kappa shape index (κ3) is 3.20. The van der Waals surface area contributed by atoms with Gasteiger partial charge in [-0.25, -0.2) is 0 Å². The molecule has 0 N–H and O–H groups in total. The number of ether oxygens (including phenoxy) is 1. The average molecular weight is 289 g/mol. The standard InChI is InChI=1S/C17H17ClO2/c1-11-6-12(2)15(13(3)7-11)10-20-17-5-4-14(9-19)8-16(17)18/h4-9H,10H2,1-3H3. The summed E-state index contributed by atoms with van der Waals surface area (Å²) < 4.78 is 5.78. The van der Waals surface area contributed by atoms with E-state index in [1.54, 1.807) is 18.2 Å². The van der Waals surface area contributed by atoms with Crippen LogP contribution in [0.4, 0.5) is 0 Å². The molecule has 0 saturated heterocycles. The Morgan fingerprint density at radius 1 is 1.10 bits per heavy atom. The lowest BCUT2D eigenvalue weighted by Crippen LogP contribution is -2.02. The second kappa shape index (κ2) is 6.10. The molecule has 20 heavy (non-hydrogen) atoms. The van der Waals surface area contributed by atoms with Crippen LogP contribution in [0.25, 0.3) is 0 Å². The minimum absolute atomic E-state index is 0.456. The summed E-state index contributed by atoms with van der Waals surface area (Å²) in [5, 5.41) is 0.456. The number of rotatable bonds is 4. The summed E-state index contributed by atoms with van der Waals surface area (Å²) in [4.78, 5) is 10.7. The van der Waals surface area contributed by atoms with Gasteiger partial charge >= 0.3 is 0 Å². The molecule has 2 rings (SSSR count). The summed E-state index contributed by atoms with van der Waals surface area (Å²) in [6, 6.07) is 9.32. The third-order valence-corrected chi connectivity index (χ3v) is 3.60. The molecule has 0 radical (unpaired) electrons. The molecule has 2 aromatic carbocycles. The van der Waals surface area contributed by atoms with Crippen LogP contribution in [0.15, 0.2) is 30.3 Å². The van der Waals surface area contributed by atoms with Gasteiger partial charge in [0.05, 0.1) is 5.02 Å². The Morgan fingerprint density at radius 3 is 2.30 bits per heavy atom. The maximum Gasteiger partial charge on any atom is 0.150 e. The first-order valence-corrected chi connectivity index (χ1v) is 6.83. The van der Waals surface area contributed by atoms with E-state index in [1.807, 2.05) is 0 Å². The molecule has 0 spiro atoms. The Morgan fingerprint density at radius 2 is 1.75 bits per heavy atom. The third-order valence-electron chi connectivity index (χ3n) is 3.30. The predicted octanol–water partition coefficient (Wildman–Crippen LogP) is 4.66. The van der Waals surface area contributed by atoms with Crippen molar-refractivity contribution in [1.82, 2.24) is 0 Å². The van der Waals surface area contributed by atoms with E-state index in [9.17, 15) is 4.79 Å². The Hall–Kier alpha value is -1.80. The van der Waals surface area contributed by atoms with Crippen LogP contribution < -0.4 is 4.74 Å². The van der Waals surface area contributed by atoms with Gasteiger partial charge in [0.15, 0.2) is 0 Å². The van der Waals surface area contributed by atoms with Gasteiger partial charge in [0, 0.05) is 5.56 Å². The first-order chi connectivity index (χ1) is 9.51. The fourth-order valence-electron chi connectivity index (χ4n) is 2.29. The van der Waals surface area contributed by atoms with E-state index in [-0.39, 0.29) is 0 Å². The zero-order valence-electron chi connectivity index (χ0n) is 11.9. The zero-order chi connectivity index (χ0) is 14.7. The van der Waals surface area contributed by atoms with Crippen molar-refractivity contribution in [2.24, 2.45) is 0 Å². The summed E-state index contributed by atoms with van der Waals surface area (Å²) in [5.41, 5.74) is 5.39. The van der Waals surface area contributed by atoms with Crippen LogP contribution in [-0.4, -0.2) is 6.29 Å². The molecular weight excluding hydrogens is 272 g/mol. The maximum atomic E-state index is 10.7. The van der Waals surface area contributed by atoms with Gasteiger partial charge in [-0.1, -0.05) is 29.3 Å². The van der Waals surface area contributed by atoms with Crippen molar-refractivity contribution in [3.63, 3.8) is 0 Å². The van der Waals surface area contributed by atoms with Crippen molar-refractivity contribution in [1.29, 1.82) is 0 Å². The highest BCUT2D eigenvalue weighted by atomic mass is 35.5. The van der Waals surface area contributed by atoms with Crippen molar-refractivity contribution in [3.05, 3.63) is 63.2 Å². The van der Waals surface area contributed by atoms with Crippen LogP contribution in [0.3, 0.4) is 0 Å². The minimum atomic E-state index is 0.456. The molecule has 0 amide bonds. The van der Waals surface area contributed by atoms with E-state index >= 15 is 0 Å². The van der Waals surface area contributed by atoms with Crippen LogP contribution in [0.2, 0.25) is 5.02 Å². The van der Waals surface area contributed by atoms with E-state index in [1.165, 1.54) is 22.3 Å². The number of halogens is 1. The molecule has 2 aromatic rings. The quantitative estimate of drug-likeness (QED) is 0.765. The summed E-state index contributed by atoms with van der Waals surface area (Å²) >= 11 is 6.10. The molecule has 0 aliphatic carbocycles. The molecule has 0 heterocycles. The molecule has 0 fully saturated rings. The van der Waals surface area contributed by atoms with Crippen LogP contribution in [0.1, 0.15) is 32.6 Å². The van der Waals surface area contributed by atoms with Crippen molar-refractivity contribution in [3.8, 4) is 5.75 Å². The first kappa shape index (κ1) is 14.6. The number of carbonyl (C=O) groups is 1. The van der Waals surface area contributed by atoms with Crippen LogP contribution >= 0.6 is 11.6 Å². The topological polar surface area (TPSA) is 26.3 Å². The molecule has 0 aromatic heterocycles. The fourth-order valence-corrected chi connectivity index (χ4v) is 2.54. The average Bonchev–Trinajstić information content (AvgIpc) is 2.39. The van der Waals surface area contributed by atoms with E-state index < -0.39 is 0 Å². The molecule has 0 bridgehead atoms. The Labute approximate surface area is 124 Å². The lowest BCUT2D eigenvalue weighted by molar-refractivity contribution is 0.112. The molecule has 0 unspecified atom stereocenters. The number of benzene rings is 2. The lowest BCUT2D eigenvalue weighted by Gasteiger charge is -2.13. The van der Waals surface area contributed by atoms with Crippen molar-refractivity contribution >= 4 is 17.9 Å². The number of aryl methyl sites for hydroxylation is 3. The summed E-state index contributed by atoms with van der Waals surface area (Å²) in [7, 11) is 0. The second-order valence-electron chi connectivity index (χ2n) is 4.97. The number of hydrogen-bond donors (Lipinski definition) is 0. The smallest absolute Gasteiger partial charge is 0.150 e. The van der Waals surface area contributed by atoms with E-state index in [4.69, 9.17) is 16.3 Å². The van der Waals surface area contributed by atoms with Crippen LogP contribution in [-0.2, 0) is 6.61 Å². The van der Waals surface area contributed by atoms with Gasteiger partial charge in [0.2, 0.25) is 0 Å². The Kier molecular flexibility index (Phi) is 4.46. The SMILES string of the molecule is Cc1cc(C)c(COc2ccc(C=O)cc2Cl)c(C)c1. The normalized spacial score (nSPS) is 10.4. The minimum Gasteiger partial charge on any atom is -0.487 e. The van der Waals surface area contributed by atoms with Gasteiger partial charge in [-0.3, -0.25) is 4.79 Å². The predicted molar refractivity (Wildman–Crippen MR) is 81.8 cm³/mol. The highest BCUT2D eigenvalue weighted by molar-refractivity contribution is 6.32. The van der Waals surface area contributed by atoms with Gasteiger partial charge in [-0.15, -0.1) is 0 Å². The van der Waals surface area contributed by atoms with E-state index in [0.717, 1.165) is 6.29 Å². The molecule has 3 heteroatoms. The van der Waals surface area contributed by atoms with Gasteiger partial charge in [-0.05, 0) is 55.7 Å². The summed E-state index contributed by atoms with van der Waals surface area (Å²) in [6.45, 7) is 6.71. The van der Waals surface area contributed by atoms with Crippen molar-refractivity contribution < 1.29 is 9.53 Å². The molecule has 0 atom stereocenters. The molecular formula is C17H17ClO2. The van der Waals surface area contributed by atoms with Gasteiger partial charge < -0.3 is 4.74 Å². The summed E-state index contributed by atoms with van der Waals surface area (Å²) in [6.07, 6.45) is 0.768. The number of hydrogen-bond acceptors (Lipinski definition) is 2. The largest absolute Gasteiger partial charge is 0.487 e. The lowest BCUT2D eigenvalue weighted by atomic mass is 10.0. The monoisotopic (exact) mass is 288 g/mol. The number of carbonyl (C=O) groups excluding carboxylic acids is 1. The molecule has 104 valence electrons. The molecule has 0 saturated carbocycles. The first-order valence-electron chi connectivity index (χ1n) is 6.45. The van der Waals surface area contributed by atoms with Gasteiger partial charge in [0.1, 0.15) is 18.6 Å². The van der Waals surface area contributed by atoms with Crippen LogP contribution in [0, 0.1) is 20.8 Å². The maximum absolute atomic E-state index is 10.7. The van der Waals surface area contributed by atoms with Crippen LogP contribution in [0.5, 0.6) is 5.75 Å². The van der Waals surface area contributed by atoms with Crippen molar-refractivity contribution in [2.45, 2.75) is 27.4 Å². The molecule has 0 aliphatic rings. The highest BCUT2D eigenvalue weighted by Gasteiger charge is 2.07. The zero-order valence-corrected chi connectivity index (χ0v) is 12.6. The van der Waals surface area contributed by atoms with E-state index in [2.05, 4.69) is 32.9 Å². The molecule has 0 aliphatic heterocycles. The van der Waals surface area contributed by atoms with E-state index in [0.29, 0.717) is 22.9 Å². The summed E-state index contributed by atoms with van der Waals surface area (Å²) in [5.74, 6) is 0.594. The Bertz CT molecular complexity index is 624. The Balaban J connectivity index is 2.19. The van der Waals surface area contributed by atoms with Gasteiger partial charge in [0.25, 0.3) is 0 Å². The second-order valence-corrected chi connectivity index (χ2v) is 5.38. The highest BCUT2D eigenvalue weighted by Crippen LogP contribution is 2.27. The van der Waals surface area contributed by atoms with Gasteiger partial charge in [-0.2, -0.15) is 0 Å². The number of aldehydes is 1. The fraction of sp³-hybridized carbons (Fsp3) is 0.235. The molecule has 2 nitrogen and oxygen atoms in total.